The van der Waals surface area contributed by atoms with Gasteiger partial charge < -0.3 is 10.8 Å². The summed E-state index contributed by atoms with van der Waals surface area (Å²) >= 11 is 0. The molecule has 1 heterocycles. The molecular formula is C13H19FN2O3S. The molecule has 0 unspecified atom stereocenters. The lowest BCUT2D eigenvalue weighted by molar-refractivity contribution is 0.170. The quantitative estimate of drug-likeness (QED) is 0.819. The summed E-state index contributed by atoms with van der Waals surface area (Å²) in [5, 5.41) is 9.07. The Morgan fingerprint density at radius 1 is 1.40 bits per heavy atom. The molecule has 1 fully saturated rings. The van der Waals surface area contributed by atoms with Crippen LogP contribution < -0.4 is 5.73 Å². The third-order valence-electron chi connectivity index (χ3n) is 3.69. The van der Waals surface area contributed by atoms with Gasteiger partial charge in [-0.2, -0.15) is 4.31 Å². The Bertz CT molecular complexity index is 596. The van der Waals surface area contributed by atoms with Crippen molar-refractivity contribution < 1.29 is 17.9 Å². The van der Waals surface area contributed by atoms with Crippen LogP contribution in [-0.4, -0.2) is 37.5 Å². The molecule has 5 nitrogen and oxygen atoms in total. The van der Waals surface area contributed by atoms with Crippen LogP contribution in [0.3, 0.4) is 0 Å². The van der Waals surface area contributed by atoms with Crippen LogP contribution in [0.5, 0.6) is 0 Å². The molecular weight excluding hydrogens is 283 g/mol. The van der Waals surface area contributed by atoms with E-state index in [1.165, 1.54) is 17.3 Å². The maximum Gasteiger partial charge on any atom is 0.246 e. The van der Waals surface area contributed by atoms with Gasteiger partial charge in [0.25, 0.3) is 0 Å². The third kappa shape index (κ3) is 2.79. The monoisotopic (exact) mass is 302 g/mol. The molecule has 20 heavy (non-hydrogen) atoms. The lowest BCUT2D eigenvalue weighted by atomic mass is 10.00. The van der Waals surface area contributed by atoms with Crippen LogP contribution in [0.15, 0.2) is 17.0 Å². The first-order valence-corrected chi connectivity index (χ1v) is 7.97. The molecule has 0 radical (unpaired) electrons. The van der Waals surface area contributed by atoms with Gasteiger partial charge in [-0.1, -0.05) is 0 Å². The Morgan fingerprint density at radius 2 is 2.00 bits per heavy atom. The van der Waals surface area contributed by atoms with Crippen LogP contribution in [0, 0.1) is 18.7 Å². The zero-order valence-electron chi connectivity index (χ0n) is 11.3. The summed E-state index contributed by atoms with van der Waals surface area (Å²) in [6, 6.07) is 2.57. The molecule has 1 aliphatic heterocycles. The Balaban J connectivity index is 2.32. The molecule has 0 atom stereocenters. The van der Waals surface area contributed by atoms with Gasteiger partial charge in [0.15, 0.2) is 0 Å². The topological polar surface area (TPSA) is 83.6 Å². The number of aliphatic hydroxyl groups is 1. The molecule has 112 valence electrons. The molecule has 1 aromatic rings. The van der Waals surface area contributed by atoms with Gasteiger partial charge in [0.05, 0.1) is 0 Å². The Labute approximate surface area is 118 Å². The normalized spacial score (nSPS) is 18.4. The van der Waals surface area contributed by atoms with E-state index in [9.17, 15) is 12.8 Å². The summed E-state index contributed by atoms with van der Waals surface area (Å²) in [5.41, 5.74) is 6.06. The van der Waals surface area contributed by atoms with Crippen LogP contribution in [0.2, 0.25) is 0 Å². The fourth-order valence-electron chi connectivity index (χ4n) is 2.42. The van der Waals surface area contributed by atoms with E-state index in [0.717, 1.165) is 6.07 Å². The number of aryl methyl sites for hydroxylation is 1. The van der Waals surface area contributed by atoms with Gasteiger partial charge in [-0.3, -0.25) is 0 Å². The predicted octanol–water partition coefficient (Wildman–Crippen LogP) is 1.11. The molecule has 1 saturated heterocycles. The van der Waals surface area contributed by atoms with Gasteiger partial charge in [-0.05, 0) is 43.4 Å². The molecule has 0 bridgehead atoms. The minimum Gasteiger partial charge on any atom is -0.399 e. The molecule has 2 rings (SSSR count). The van der Waals surface area contributed by atoms with E-state index in [2.05, 4.69) is 0 Å². The second-order valence-electron chi connectivity index (χ2n) is 5.18. The van der Waals surface area contributed by atoms with E-state index >= 15 is 0 Å². The zero-order valence-corrected chi connectivity index (χ0v) is 12.2. The van der Waals surface area contributed by atoms with E-state index in [-0.39, 0.29) is 28.7 Å². The maximum atomic E-state index is 14.1. The fraction of sp³-hybridized carbons (Fsp3) is 0.538. The highest BCUT2D eigenvalue weighted by molar-refractivity contribution is 7.89. The van der Waals surface area contributed by atoms with Crippen LogP contribution in [0.1, 0.15) is 18.4 Å². The van der Waals surface area contributed by atoms with Crippen molar-refractivity contribution in [3.8, 4) is 0 Å². The summed E-state index contributed by atoms with van der Waals surface area (Å²) in [7, 11) is -3.87. The van der Waals surface area contributed by atoms with E-state index in [1.807, 2.05) is 0 Å². The zero-order chi connectivity index (χ0) is 14.9. The summed E-state index contributed by atoms with van der Waals surface area (Å²) in [4.78, 5) is -0.363. The molecule has 0 aromatic heterocycles. The minimum absolute atomic E-state index is 0.0552. The number of anilines is 1. The van der Waals surface area contributed by atoms with Crippen molar-refractivity contribution in [3.63, 3.8) is 0 Å². The highest BCUT2D eigenvalue weighted by atomic mass is 32.2. The summed E-state index contributed by atoms with van der Waals surface area (Å²) < 4.78 is 40.3. The number of hydrogen-bond donors (Lipinski definition) is 2. The smallest absolute Gasteiger partial charge is 0.246 e. The van der Waals surface area contributed by atoms with Crippen molar-refractivity contribution in [2.45, 2.75) is 24.7 Å². The standard InChI is InChI=1S/C13H19FN2O3S/c1-9-6-11(15)7-12(13(9)14)20(18,19)16-4-2-10(8-17)3-5-16/h6-7,10,17H,2-5,8,15H2,1H3. The van der Waals surface area contributed by atoms with Gasteiger partial charge in [0, 0.05) is 25.4 Å². The second kappa shape index (κ2) is 5.67. The van der Waals surface area contributed by atoms with E-state index in [4.69, 9.17) is 10.8 Å². The first kappa shape index (κ1) is 15.2. The Kier molecular flexibility index (Phi) is 4.31. The van der Waals surface area contributed by atoms with Crippen molar-refractivity contribution in [2.75, 3.05) is 25.4 Å². The summed E-state index contributed by atoms with van der Waals surface area (Å²) in [6.45, 7) is 2.13. The number of rotatable bonds is 3. The number of hydrogen-bond acceptors (Lipinski definition) is 4. The van der Waals surface area contributed by atoms with E-state index in [0.29, 0.717) is 25.9 Å². The lowest BCUT2D eigenvalue weighted by Crippen LogP contribution is -2.39. The van der Waals surface area contributed by atoms with Crippen molar-refractivity contribution in [3.05, 3.63) is 23.5 Å². The number of halogens is 1. The highest BCUT2D eigenvalue weighted by Crippen LogP contribution is 2.27. The average molecular weight is 302 g/mol. The molecule has 7 heteroatoms. The number of aliphatic hydroxyl groups excluding tert-OH is 1. The van der Waals surface area contributed by atoms with Crippen LogP contribution >= 0.6 is 0 Å². The molecule has 0 amide bonds. The van der Waals surface area contributed by atoms with Crippen LogP contribution in [0.25, 0.3) is 0 Å². The van der Waals surface area contributed by atoms with Gasteiger partial charge >= 0.3 is 0 Å². The number of piperidine rings is 1. The SMILES string of the molecule is Cc1cc(N)cc(S(=O)(=O)N2CCC(CO)CC2)c1F. The fourth-order valence-corrected chi connectivity index (χ4v) is 4.07. The van der Waals surface area contributed by atoms with Gasteiger partial charge in [0.1, 0.15) is 10.7 Å². The van der Waals surface area contributed by atoms with Gasteiger partial charge in [-0.15, -0.1) is 0 Å². The highest BCUT2D eigenvalue weighted by Gasteiger charge is 2.31. The molecule has 0 aliphatic carbocycles. The molecule has 3 N–H and O–H groups in total. The summed E-state index contributed by atoms with van der Waals surface area (Å²) in [6.07, 6.45) is 1.16. The lowest BCUT2D eigenvalue weighted by Gasteiger charge is -2.30. The van der Waals surface area contributed by atoms with Crippen molar-refractivity contribution in [2.24, 2.45) is 5.92 Å². The second-order valence-corrected chi connectivity index (χ2v) is 7.09. The van der Waals surface area contributed by atoms with Crippen molar-refractivity contribution >= 4 is 15.7 Å². The van der Waals surface area contributed by atoms with Crippen LogP contribution in [-0.2, 0) is 10.0 Å². The predicted molar refractivity (Wildman–Crippen MR) is 74.1 cm³/mol. The van der Waals surface area contributed by atoms with E-state index in [1.54, 1.807) is 0 Å². The molecule has 1 aliphatic rings. The number of sulfonamides is 1. The minimum atomic E-state index is -3.87. The number of nitrogens with zero attached hydrogens (tertiary/aromatic N) is 1. The maximum absolute atomic E-state index is 14.1. The molecule has 0 spiro atoms. The van der Waals surface area contributed by atoms with Gasteiger partial charge in [0.2, 0.25) is 10.0 Å². The average Bonchev–Trinajstić information content (AvgIpc) is 2.42. The van der Waals surface area contributed by atoms with Crippen molar-refractivity contribution in [1.29, 1.82) is 0 Å². The third-order valence-corrected chi connectivity index (χ3v) is 5.59. The first-order valence-electron chi connectivity index (χ1n) is 6.53. The molecule has 1 aromatic carbocycles. The van der Waals surface area contributed by atoms with Crippen molar-refractivity contribution in [1.82, 2.24) is 4.31 Å². The van der Waals surface area contributed by atoms with Gasteiger partial charge in [-0.25, -0.2) is 12.8 Å². The summed E-state index contributed by atoms with van der Waals surface area (Å²) in [5.74, 6) is -0.627. The number of nitrogen functional groups attached to an aromatic ring is 1. The Hall–Kier alpha value is -1.18. The largest absolute Gasteiger partial charge is 0.399 e. The Morgan fingerprint density at radius 3 is 2.55 bits per heavy atom. The number of nitrogens with two attached hydrogens (primary N) is 1. The number of benzene rings is 1. The van der Waals surface area contributed by atoms with Crippen LogP contribution in [0.4, 0.5) is 10.1 Å². The van der Waals surface area contributed by atoms with E-state index < -0.39 is 15.8 Å². The molecule has 0 saturated carbocycles. The first-order chi connectivity index (χ1) is 9.36.